The molecule has 0 saturated carbocycles. The van der Waals surface area contributed by atoms with Gasteiger partial charge in [-0.1, -0.05) is 60.7 Å². The van der Waals surface area contributed by atoms with Crippen molar-refractivity contribution >= 4 is 23.0 Å². The molecule has 0 radical (unpaired) electrons. The molecule has 138 valence electrons. The van der Waals surface area contributed by atoms with Crippen LogP contribution in [0.1, 0.15) is 16.7 Å². The number of anilines is 1. The smallest absolute Gasteiger partial charge is 0.174 e. The molecule has 1 N–H and O–H groups in total. The molecule has 0 atom stereocenters. The van der Waals surface area contributed by atoms with Gasteiger partial charge in [0.15, 0.2) is 5.11 Å². The minimum absolute atomic E-state index is 0.690. The summed E-state index contributed by atoms with van der Waals surface area (Å²) in [7, 11) is 1.66. The molecular weight excluding hydrogens is 352 g/mol. The van der Waals surface area contributed by atoms with Gasteiger partial charge in [-0.05, 0) is 48.0 Å². The maximum absolute atomic E-state index is 5.75. The van der Waals surface area contributed by atoms with Crippen LogP contribution >= 0.6 is 12.2 Å². The molecule has 0 fully saturated rings. The van der Waals surface area contributed by atoms with Crippen LogP contribution in [0.25, 0.3) is 0 Å². The maximum atomic E-state index is 5.75. The average Bonchev–Trinajstić information content (AvgIpc) is 2.70. The predicted octanol–water partition coefficient (Wildman–Crippen LogP) is 5.40. The summed E-state index contributed by atoms with van der Waals surface area (Å²) in [6.45, 7) is 3.62. The Balaban J connectivity index is 1.81. The fraction of sp³-hybridized carbons (Fsp3) is 0.174. The average molecular weight is 377 g/mol. The highest BCUT2D eigenvalue weighted by Crippen LogP contribution is 2.19. The third-order valence-corrected chi connectivity index (χ3v) is 4.81. The fourth-order valence-corrected chi connectivity index (χ4v) is 3.15. The zero-order valence-corrected chi connectivity index (χ0v) is 16.5. The van der Waals surface area contributed by atoms with E-state index in [1.165, 1.54) is 16.7 Å². The molecule has 0 bridgehead atoms. The molecule has 3 aromatic rings. The van der Waals surface area contributed by atoms with E-state index in [2.05, 4.69) is 65.7 Å². The zero-order chi connectivity index (χ0) is 19.1. The molecule has 0 aliphatic rings. The third-order valence-electron chi connectivity index (χ3n) is 4.45. The van der Waals surface area contributed by atoms with Gasteiger partial charge in [-0.3, -0.25) is 0 Å². The quantitative estimate of drug-likeness (QED) is 0.582. The van der Waals surface area contributed by atoms with E-state index in [-0.39, 0.29) is 0 Å². The van der Waals surface area contributed by atoms with Crippen molar-refractivity contribution in [2.75, 3.05) is 12.4 Å². The van der Waals surface area contributed by atoms with Crippen LogP contribution in [0.3, 0.4) is 0 Å². The Hall–Kier alpha value is -2.85. The van der Waals surface area contributed by atoms with Crippen molar-refractivity contribution < 1.29 is 4.74 Å². The van der Waals surface area contributed by atoms with Crippen LogP contribution in [0.2, 0.25) is 0 Å². The van der Waals surface area contributed by atoms with Crippen molar-refractivity contribution in [3.63, 3.8) is 0 Å². The molecular formula is C23H24N2OS. The second-order valence-corrected chi connectivity index (χ2v) is 6.82. The number of rotatable bonds is 6. The van der Waals surface area contributed by atoms with Crippen molar-refractivity contribution in [3.05, 3.63) is 95.6 Å². The van der Waals surface area contributed by atoms with Gasteiger partial charge in [0, 0.05) is 24.8 Å². The summed E-state index contributed by atoms with van der Waals surface area (Å²) < 4.78 is 5.31. The lowest BCUT2D eigenvalue weighted by atomic mass is 10.1. The largest absolute Gasteiger partial charge is 0.497 e. The van der Waals surface area contributed by atoms with Crippen LogP contribution in [0.15, 0.2) is 78.9 Å². The molecule has 0 unspecified atom stereocenters. The number of benzene rings is 3. The minimum atomic E-state index is 0.690. The van der Waals surface area contributed by atoms with Crippen molar-refractivity contribution in [2.24, 2.45) is 0 Å². The van der Waals surface area contributed by atoms with E-state index in [4.69, 9.17) is 17.0 Å². The normalized spacial score (nSPS) is 10.3. The summed E-state index contributed by atoms with van der Waals surface area (Å²) in [5.74, 6) is 0.802. The maximum Gasteiger partial charge on any atom is 0.174 e. The Morgan fingerprint density at radius 3 is 2.41 bits per heavy atom. The van der Waals surface area contributed by atoms with Crippen molar-refractivity contribution in [1.82, 2.24) is 4.90 Å². The Labute approximate surface area is 166 Å². The number of hydrogen-bond acceptors (Lipinski definition) is 2. The van der Waals surface area contributed by atoms with Crippen molar-refractivity contribution in [1.29, 1.82) is 0 Å². The Morgan fingerprint density at radius 2 is 1.67 bits per heavy atom. The zero-order valence-electron chi connectivity index (χ0n) is 15.7. The van der Waals surface area contributed by atoms with Gasteiger partial charge in [-0.2, -0.15) is 0 Å². The molecule has 3 nitrogen and oxygen atoms in total. The number of methoxy groups -OCH3 is 1. The molecule has 0 amide bonds. The number of hydrogen-bond donors (Lipinski definition) is 1. The van der Waals surface area contributed by atoms with E-state index in [1.54, 1.807) is 7.11 Å². The molecule has 4 heteroatoms. The molecule has 3 rings (SSSR count). The SMILES string of the molecule is COc1cccc(NC(=S)N(Cc2ccccc2)Cc2ccccc2C)c1. The van der Waals surface area contributed by atoms with Crippen LogP contribution in [-0.2, 0) is 13.1 Å². The number of aryl methyl sites for hydroxylation is 1. The summed E-state index contributed by atoms with van der Waals surface area (Å²) in [5.41, 5.74) is 4.67. The number of ether oxygens (including phenoxy) is 1. The monoisotopic (exact) mass is 376 g/mol. The minimum Gasteiger partial charge on any atom is -0.497 e. The highest BCUT2D eigenvalue weighted by Gasteiger charge is 2.13. The van der Waals surface area contributed by atoms with Gasteiger partial charge in [0.2, 0.25) is 0 Å². The summed E-state index contributed by atoms with van der Waals surface area (Å²) >= 11 is 5.75. The Bertz CT molecular complexity index is 896. The van der Waals surface area contributed by atoms with Gasteiger partial charge in [0.05, 0.1) is 7.11 Å². The topological polar surface area (TPSA) is 24.5 Å². The van der Waals surface area contributed by atoms with Gasteiger partial charge in [0.1, 0.15) is 5.75 Å². The van der Waals surface area contributed by atoms with Gasteiger partial charge >= 0.3 is 0 Å². The van der Waals surface area contributed by atoms with Crippen molar-refractivity contribution in [2.45, 2.75) is 20.0 Å². The summed E-state index contributed by atoms with van der Waals surface area (Å²) in [6, 6.07) is 26.6. The van der Waals surface area contributed by atoms with E-state index < -0.39 is 0 Å². The van der Waals surface area contributed by atoms with E-state index in [9.17, 15) is 0 Å². The molecule has 0 saturated heterocycles. The summed E-state index contributed by atoms with van der Waals surface area (Å²) in [5, 5.41) is 4.04. The molecule has 0 aromatic heterocycles. The lowest BCUT2D eigenvalue weighted by Crippen LogP contribution is -2.34. The molecule has 3 aromatic carbocycles. The first-order valence-electron chi connectivity index (χ1n) is 8.94. The van der Waals surface area contributed by atoms with Crippen LogP contribution in [0.5, 0.6) is 5.75 Å². The number of nitrogens with one attached hydrogen (secondary N) is 1. The van der Waals surface area contributed by atoms with Crippen LogP contribution in [0, 0.1) is 6.92 Å². The van der Waals surface area contributed by atoms with E-state index >= 15 is 0 Å². The lowest BCUT2D eigenvalue weighted by Gasteiger charge is -2.27. The molecule has 0 aliphatic carbocycles. The first-order valence-corrected chi connectivity index (χ1v) is 9.35. The van der Waals surface area contributed by atoms with Gasteiger partial charge in [0.25, 0.3) is 0 Å². The first kappa shape index (κ1) is 18.9. The van der Waals surface area contributed by atoms with E-state index in [0.717, 1.165) is 24.5 Å². The predicted molar refractivity (Wildman–Crippen MR) is 116 cm³/mol. The summed E-state index contributed by atoms with van der Waals surface area (Å²) in [4.78, 5) is 2.19. The Kier molecular flexibility index (Phi) is 6.44. The second kappa shape index (κ2) is 9.19. The fourth-order valence-electron chi connectivity index (χ4n) is 2.90. The summed E-state index contributed by atoms with van der Waals surface area (Å²) in [6.07, 6.45) is 0. The second-order valence-electron chi connectivity index (χ2n) is 6.43. The van der Waals surface area contributed by atoms with E-state index in [1.807, 2.05) is 30.3 Å². The van der Waals surface area contributed by atoms with Crippen LogP contribution in [0.4, 0.5) is 5.69 Å². The molecule has 0 heterocycles. The van der Waals surface area contributed by atoms with Crippen LogP contribution in [-0.4, -0.2) is 17.1 Å². The van der Waals surface area contributed by atoms with Crippen molar-refractivity contribution in [3.8, 4) is 5.75 Å². The number of thiocarbonyl (C=S) groups is 1. The lowest BCUT2D eigenvalue weighted by molar-refractivity contribution is 0.411. The first-order chi connectivity index (χ1) is 13.2. The van der Waals surface area contributed by atoms with Gasteiger partial charge in [-0.15, -0.1) is 0 Å². The molecule has 0 aliphatic heterocycles. The van der Waals surface area contributed by atoms with Gasteiger partial charge < -0.3 is 15.0 Å². The highest BCUT2D eigenvalue weighted by atomic mass is 32.1. The third kappa shape index (κ3) is 5.31. The Morgan fingerprint density at radius 1 is 0.926 bits per heavy atom. The highest BCUT2D eigenvalue weighted by molar-refractivity contribution is 7.80. The molecule has 27 heavy (non-hydrogen) atoms. The van der Waals surface area contributed by atoms with Gasteiger partial charge in [-0.25, -0.2) is 0 Å². The van der Waals surface area contributed by atoms with Crippen LogP contribution < -0.4 is 10.1 Å². The standard InChI is InChI=1S/C23H24N2OS/c1-18-9-6-7-12-20(18)17-25(16-19-10-4-3-5-11-19)23(27)24-21-13-8-14-22(15-21)26-2/h3-15H,16-17H2,1-2H3,(H,24,27). The van der Waals surface area contributed by atoms with E-state index in [0.29, 0.717) is 5.11 Å². The molecule has 0 spiro atoms. The number of nitrogens with zero attached hydrogens (tertiary/aromatic N) is 1.